The van der Waals surface area contributed by atoms with E-state index in [1.807, 2.05) is 5.38 Å². The topological polar surface area (TPSA) is 71.5 Å². The van der Waals surface area contributed by atoms with Crippen LogP contribution in [0.25, 0.3) is 0 Å². The van der Waals surface area contributed by atoms with Gasteiger partial charge in [0.1, 0.15) is 5.75 Å². The Morgan fingerprint density at radius 2 is 2.03 bits per heavy atom. The number of thiazole rings is 1. The van der Waals surface area contributed by atoms with Gasteiger partial charge in [0, 0.05) is 24.4 Å². The fourth-order valence-corrected chi connectivity index (χ4v) is 4.30. The maximum atomic E-state index is 12.9. The number of nitrogens with zero attached hydrogens (tertiary/aromatic N) is 2. The third-order valence-electron chi connectivity index (χ3n) is 5.16. The highest BCUT2D eigenvalue weighted by Crippen LogP contribution is 2.41. The Bertz CT molecular complexity index is 901. The van der Waals surface area contributed by atoms with Crippen molar-refractivity contribution in [1.82, 2.24) is 9.88 Å². The summed E-state index contributed by atoms with van der Waals surface area (Å²) < 4.78 is 29.7. The van der Waals surface area contributed by atoms with Crippen molar-refractivity contribution < 1.29 is 23.1 Å². The highest BCUT2D eigenvalue weighted by molar-refractivity contribution is 7.13. The molecule has 9 heteroatoms. The molecule has 1 atom stereocenters. The summed E-state index contributed by atoms with van der Waals surface area (Å²) >= 11 is 1.41. The minimum Gasteiger partial charge on any atom is -0.434 e. The van der Waals surface area contributed by atoms with E-state index in [0.717, 1.165) is 18.5 Å². The fraction of sp³-hybridized carbons (Fsp3) is 0.450. The van der Waals surface area contributed by atoms with Gasteiger partial charge in [-0.3, -0.25) is 9.59 Å². The van der Waals surface area contributed by atoms with Gasteiger partial charge < -0.3 is 15.0 Å². The summed E-state index contributed by atoms with van der Waals surface area (Å²) in [7, 11) is 0. The number of nitrogens with one attached hydrogen (secondary N) is 1. The smallest absolute Gasteiger partial charge is 0.387 e. The lowest BCUT2D eigenvalue weighted by Crippen LogP contribution is -2.43. The molecule has 1 aromatic heterocycles. The van der Waals surface area contributed by atoms with E-state index in [1.54, 1.807) is 6.07 Å². The molecule has 1 aliphatic heterocycles. The van der Waals surface area contributed by atoms with E-state index in [4.69, 9.17) is 0 Å². The Kier molecular flexibility index (Phi) is 5.75. The zero-order valence-electron chi connectivity index (χ0n) is 15.6. The van der Waals surface area contributed by atoms with Crippen LogP contribution in [0, 0.1) is 5.92 Å². The van der Waals surface area contributed by atoms with Gasteiger partial charge in [0.15, 0.2) is 5.13 Å². The maximum Gasteiger partial charge on any atom is 0.387 e. The van der Waals surface area contributed by atoms with Crippen LogP contribution >= 0.6 is 11.3 Å². The molecule has 0 unspecified atom stereocenters. The molecule has 2 amide bonds. The molecule has 6 nitrogen and oxygen atoms in total. The molecule has 0 radical (unpaired) electrons. The minimum atomic E-state index is -3.01. The van der Waals surface area contributed by atoms with Gasteiger partial charge in [0.05, 0.1) is 17.2 Å². The summed E-state index contributed by atoms with van der Waals surface area (Å²) in [4.78, 5) is 31.5. The second-order valence-electron chi connectivity index (χ2n) is 7.31. The number of aromatic nitrogens is 1. The van der Waals surface area contributed by atoms with Crippen LogP contribution in [0.4, 0.5) is 13.9 Å². The molecule has 1 N–H and O–H groups in total. The lowest BCUT2D eigenvalue weighted by Gasteiger charge is -2.32. The number of carbonyl (C=O) groups is 2. The summed E-state index contributed by atoms with van der Waals surface area (Å²) in [5, 5.41) is 5.41. The van der Waals surface area contributed by atoms with Gasteiger partial charge in [-0.1, -0.05) is 12.1 Å². The van der Waals surface area contributed by atoms with Gasteiger partial charge in [0.25, 0.3) is 5.91 Å². The molecular weight excluding hydrogens is 400 g/mol. The summed E-state index contributed by atoms with van der Waals surface area (Å²) in [6.45, 7) is -2.31. The summed E-state index contributed by atoms with van der Waals surface area (Å²) in [6.07, 6.45) is 3.61. The standard InChI is InChI=1S/C20H21F2N3O3S/c21-19(22)28-16-6-2-1-5-14(16)18(27)25-9-3-4-13(10-25)17(26)24-20-23-15(11-29-20)12-7-8-12/h1-2,5-6,11-13,19H,3-4,7-10H2,(H,23,24,26)/t13-/m0/s1. The summed E-state index contributed by atoms with van der Waals surface area (Å²) in [5.74, 6) is -0.589. The zero-order valence-corrected chi connectivity index (χ0v) is 16.5. The molecule has 1 aromatic carbocycles. The first kappa shape index (κ1) is 19.8. The highest BCUT2D eigenvalue weighted by atomic mass is 32.1. The number of amides is 2. The van der Waals surface area contributed by atoms with Crippen molar-refractivity contribution in [2.24, 2.45) is 5.92 Å². The number of rotatable bonds is 6. The molecule has 2 heterocycles. The highest BCUT2D eigenvalue weighted by Gasteiger charge is 2.31. The minimum absolute atomic E-state index is 0.0721. The van der Waals surface area contributed by atoms with E-state index in [-0.39, 0.29) is 29.7 Å². The molecule has 1 aliphatic carbocycles. The van der Waals surface area contributed by atoms with Gasteiger partial charge in [0.2, 0.25) is 5.91 Å². The number of anilines is 1. The number of ether oxygens (including phenoxy) is 1. The van der Waals surface area contributed by atoms with Crippen LogP contribution in [0.2, 0.25) is 0 Å². The monoisotopic (exact) mass is 421 g/mol. The van der Waals surface area contributed by atoms with E-state index in [0.29, 0.717) is 30.4 Å². The van der Waals surface area contributed by atoms with Crippen LogP contribution < -0.4 is 10.1 Å². The SMILES string of the molecule is O=C(Nc1nc(C2CC2)cs1)[C@H]1CCCN(C(=O)c2ccccc2OC(F)F)C1. The van der Waals surface area contributed by atoms with Gasteiger partial charge in [-0.15, -0.1) is 11.3 Å². The molecule has 1 saturated carbocycles. The first-order chi connectivity index (χ1) is 14.0. The molecule has 29 heavy (non-hydrogen) atoms. The second-order valence-corrected chi connectivity index (χ2v) is 8.16. The lowest BCUT2D eigenvalue weighted by atomic mass is 9.96. The summed E-state index contributed by atoms with van der Waals surface area (Å²) in [5.41, 5.74) is 1.10. The average molecular weight is 421 g/mol. The van der Waals surface area contributed by atoms with Crippen molar-refractivity contribution >= 4 is 28.3 Å². The van der Waals surface area contributed by atoms with Crippen LogP contribution in [0.15, 0.2) is 29.6 Å². The predicted molar refractivity (Wildman–Crippen MR) is 104 cm³/mol. The van der Waals surface area contributed by atoms with E-state index in [2.05, 4.69) is 15.0 Å². The van der Waals surface area contributed by atoms with Gasteiger partial charge in [-0.05, 0) is 37.8 Å². The number of likely N-dealkylation sites (tertiary alicyclic amines) is 1. The van der Waals surface area contributed by atoms with Gasteiger partial charge in [-0.25, -0.2) is 4.98 Å². The van der Waals surface area contributed by atoms with Crippen LogP contribution in [-0.4, -0.2) is 41.4 Å². The predicted octanol–water partition coefficient (Wildman–Crippen LogP) is 4.11. The van der Waals surface area contributed by atoms with Gasteiger partial charge in [-0.2, -0.15) is 8.78 Å². The Morgan fingerprint density at radius 3 is 2.79 bits per heavy atom. The molecule has 0 spiro atoms. The maximum absolute atomic E-state index is 12.9. The third kappa shape index (κ3) is 4.72. The molecule has 4 rings (SSSR count). The third-order valence-corrected chi connectivity index (χ3v) is 5.94. The number of hydrogen-bond acceptors (Lipinski definition) is 5. The van der Waals surface area contributed by atoms with Crippen molar-refractivity contribution in [2.45, 2.75) is 38.2 Å². The van der Waals surface area contributed by atoms with E-state index >= 15 is 0 Å². The molecule has 2 aromatic rings. The molecule has 0 bridgehead atoms. The Balaban J connectivity index is 1.41. The fourth-order valence-electron chi connectivity index (χ4n) is 3.51. The van der Waals surface area contributed by atoms with Crippen LogP contribution in [0.5, 0.6) is 5.75 Å². The van der Waals surface area contributed by atoms with Crippen molar-refractivity contribution in [1.29, 1.82) is 0 Å². The van der Waals surface area contributed by atoms with E-state index < -0.39 is 12.5 Å². The van der Waals surface area contributed by atoms with Crippen molar-refractivity contribution in [2.75, 3.05) is 18.4 Å². The number of halogens is 2. The average Bonchev–Trinajstić information content (AvgIpc) is 3.47. The van der Waals surface area contributed by atoms with Crippen molar-refractivity contribution in [3.8, 4) is 5.75 Å². The van der Waals surface area contributed by atoms with Crippen molar-refractivity contribution in [3.05, 3.63) is 40.9 Å². The molecule has 2 aliphatic rings. The second kappa shape index (κ2) is 8.44. The Hall–Kier alpha value is -2.55. The van der Waals surface area contributed by atoms with Crippen molar-refractivity contribution in [3.63, 3.8) is 0 Å². The lowest BCUT2D eigenvalue weighted by molar-refractivity contribution is -0.121. The van der Waals surface area contributed by atoms with E-state index in [9.17, 15) is 18.4 Å². The number of para-hydroxylation sites is 1. The zero-order chi connectivity index (χ0) is 20.4. The quantitative estimate of drug-likeness (QED) is 0.762. The number of benzene rings is 1. The van der Waals surface area contributed by atoms with Crippen LogP contribution in [0.3, 0.4) is 0 Å². The Morgan fingerprint density at radius 1 is 1.24 bits per heavy atom. The normalized spacial score (nSPS) is 19.3. The van der Waals surface area contributed by atoms with E-state index in [1.165, 1.54) is 34.4 Å². The largest absolute Gasteiger partial charge is 0.434 e. The molecule has 2 fully saturated rings. The van der Waals surface area contributed by atoms with Crippen LogP contribution in [-0.2, 0) is 4.79 Å². The molecule has 1 saturated heterocycles. The molecule has 154 valence electrons. The number of hydrogen-bond donors (Lipinski definition) is 1. The molecular formula is C20H21F2N3O3S. The van der Waals surface area contributed by atoms with Crippen LogP contribution in [0.1, 0.15) is 47.7 Å². The Labute approximate surface area is 170 Å². The number of alkyl halides is 2. The number of carbonyl (C=O) groups excluding carboxylic acids is 2. The number of piperidine rings is 1. The van der Waals surface area contributed by atoms with Gasteiger partial charge >= 0.3 is 6.61 Å². The first-order valence-electron chi connectivity index (χ1n) is 9.60. The summed E-state index contributed by atoms with van der Waals surface area (Å²) in [6, 6.07) is 5.93. The first-order valence-corrected chi connectivity index (χ1v) is 10.5.